The molecule has 3 nitrogen and oxygen atoms in total. The Morgan fingerprint density at radius 1 is 1.00 bits per heavy atom. The first-order valence-corrected chi connectivity index (χ1v) is 10.2. The van der Waals surface area contributed by atoms with Crippen LogP contribution in [0.5, 0.6) is 0 Å². The Balaban J connectivity index is 1.58. The van der Waals surface area contributed by atoms with Gasteiger partial charge in [-0.25, -0.2) is 9.50 Å². The van der Waals surface area contributed by atoms with E-state index in [1.807, 2.05) is 12.1 Å². The number of fused-ring (bicyclic) bond motifs is 1. The van der Waals surface area contributed by atoms with Crippen LogP contribution in [0.25, 0.3) is 5.65 Å². The van der Waals surface area contributed by atoms with Gasteiger partial charge in [0.25, 0.3) is 0 Å². The van der Waals surface area contributed by atoms with E-state index in [0.29, 0.717) is 5.41 Å². The molecule has 0 bridgehead atoms. The third kappa shape index (κ3) is 7.61. The number of hydrogen-bond donors (Lipinski definition) is 0. The first-order valence-electron chi connectivity index (χ1n) is 9.45. The molecule has 0 unspecified atom stereocenters. The van der Waals surface area contributed by atoms with Gasteiger partial charge in [0, 0.05) is 6.42 Å². The molecule has 0 spiro atoms. The van der Waals surface area contributed by atoms with Crippen LogP contribution in [0.1, 0.15) is 84.3 Å². The molecule has 0 aromatic carbocycles. The summed E-state index contributed by atoms with van der Waals surface area (Å²) >= 11 is 3.39. The summed E-state index contributed by atoms with van der Waals surface area (Å²) in [6.45, 7) is 6.99. The van der Waals surface area contributed by atoms with Crippen molar-refractivity contribution in [1.82, 2.24) is 14.6 Å². The van der Waals surface area contributed by atoms with E-state index in [-0.39, 0.29) is 0 Å². The lowest BCUT2D eigenvalue weighted by Crippen LogP contribution is -2.03. The molecule has 4 heteroatoms. The lowest BCUT2D eigenvalue weighted by Gasteiger charge is -2.17. The van der Waals surface area contributed by atoms with Gasteiger partial charge in [0.1, 0.15) is 10.3 Å². The largest absolute Gasteiger partial charge is 0.234 e. The second-order valence-corrected chi connectivity index (χ2v) is 8.72. The van der Waals surface area contributed by atoms with Crippen molar-refractivity contribution in [3.05, 3.63) is 28.6 Å². The first kappa shape index (κ1) is 20.0. The zero-order chi connectivity index (χ0) is 18.1. The summed E-state index contributed by atoms with van der Waals surface area (Å²) in [7, 11) is 0. The Morgan fingerprint density at radius 3 is 2.40 bits per heavy atom. The lowest BCUT2D eigenvalue weighted by molar-refractivity contribution is 0.356. The third-order valence-corrected chi connectivity index (χ3v) is 4.70. The second-order valence-electron chi connectivity index (χ2n) is 7.91. The van der Waals surface area contributed by atoms with Crippen molar-refractivity contribution in [3.8, 4) is 11.8 Å². The van der Waals surface area contributed by atoms with E-state index < -0.39 is 0 Å². The minimum absolute atomic E-state index is 0.491. The number of nitrogens with zero attached hydrogens (tertiary/aromatic N) is 3. The lowest BCUT2D eigenvalue weighted by atomic mass is 9.89. The molecular weight excluding hydrogens is 374 g/mol. The van der Waals surface area contributed by atoms with Crippen molar-refractivity contribution in [3.63, 3.8) is 0 Å². The Hall–Kier alpha value is -1.34. The Morgan fingerprint density at radius 2 is 1.68 bits per heavy atom. The molecule has 0 aliphatic rings. The molecule has 0 fully saturated rings. The van der Waals surface area contributed by atoms with Crippen LogP contribution in [0.15, 0.2) is 22.9 Å². The fourth-order valence-electron chi connectivity index (χ4n) is 2.84. The van der Waals surface area contributed by atoms with Gasteiger partial charge in [-0.1, -0.05) is 65.2 Å². The maximum Gasteiger partial charge on any atom is 0.155 e. The highest BCUT2D eigenvalue weighted by Gasteiger charge is 2.08. The Labute approximate surface area is 160 Å². The second kappa shape index (κ2) is 9.97. The van der Waals surface area contributed by atoms with Gasteiger partial charge in [-0.15, -0.1) is 0 Å². The van der Waals surface area contributed by atoms with Gasteiger partial charge in [-0.05, 0) is 52.2 Å². The maximum absolute atomic E-state index is 4.38. The van der Waals surface area contributed by atoms with E-state index in [1.54, 1.807) is 10.7 Å². The molecule has 0 aliphatic carbocycles. The number of aromatic nitrogens is 3. The van der Waals surface area contributed by atoms with E-state index in [2.05, 4.69) is 58.6 Å². The standard InChI is InChI=1S/C21H30BrN3/c1-21(2,3)16-12-10-8-6-4-5-7-9-11-13-18-17-23-20-15-14-19(22)24-25(18)20/h14-15,17H,4-10,12,16H2,1-3H3. The predicted molar refractivity (Wildman–Crippen MR) is 109 cm³/mol. The molecule has 0 aliphatic heterocycles. The highest BCUT2D eigenvalue weighted by atomic mass is 79.9. The molecule has 136 valence electrons. The summed E-state index contributed by atoms with van der Waals surface area (Å²) < 4.78 is 2.58. The van der Waals surface area contributed by atoms with Gasteiger partial charge < -0.3 is 0 Å². The number of rotatable bonds is 8. The molecule has 2 rings (SSSR count). The van der Waals surface area contributed by atoms with Crippen LogP contribution in [0.2, 0.25) is 0 Å². The Bertz CT molecular complexity index is 716. The van der Waals surface area contributed by atoms with Crippen LogP contribution < -0.4 is 0 Å². The molecule has 2 heterocycles. The molecule has 0 atom stereocenters. The normalized spacial score (nSPS) is 11.5. The van der Waals surface area contributed by atoms with Gasteiger partial charge in [-0.3, -0.25) is 0 Å². The quantitative estimate of drug-likeness (QED) is 0.376. The number of imidazole rings is 1. The van der Waals surface area contributed by atoms with Crippen molar-refractivity contribution in [2.45, 2.75) is 78.6 Å². The summed E-state index contributed by atoms with van der Waals surface area (Å²) in [5, 5.41) is 4.38. The van der Waals surface area contributed by atoms with Crippen LogP contribution in [-0.2, 0) is 0 Å². The highest BCUT2D eigenvalue weighted by molar-refractivity contribution is 9.10. The fraction of sp³-hybridized carbons (Fsp3) is 0.619. The molecule has 2 aromatic heterocycles. The van der Waals surface area contributed by atoms with Crippen LogP contribution >= 0.6 is 15.9 Å². The number of hydrogen-bond acceptors (Lipinski definition) is 2. The van der Waals surface area contributed by atoms with Crippen molar-refractivity contribution >= 4 is 21.6 Å². The highest BCUT2D eigenvalue weighted by Crippen LogP contribution is 2.22. The van der Waals surface area contributed by atoms with Crippen molar-refractivity contribution < 1.29 is 0 Å². The average Bonchev–Trinajstić information content (AvgIpc) is 2.94. The topological polar surface area (TPSA) is 30.2 Å². The number of unbranched alkanes of at least 4 members (excludes halogenated alkanes) is 7. The molecule has 0 saturated carbocycles. The SMILES string of the molecule is CC(C)(C)CCCCCCCCCC#Cc1cnc2ccc(Br)nn12. The van der Waals surface area contributed by atoms with E-state index in [1.165, 1.54) is 51.4 Å². The van der Waals surface area contributed by atoms with E-state index in [4.69, 9.17) is 0 Å². The van der Waals surface area contributed by atoms with Gasteiger partial charge in [0.05, 0.1) is 6.20 Å². The first-order chi connectivity index (χ1) is 12.0. The molecular formula is C21H30BrN3. The maximum atomic E-state index is 4.38. The van der Waals surface area contributed by atoms with E-state index >= 15 is 0 Å². The average molecular weight is 404 g/mol. The molecule has 25 heavy (non-hydrogen) atoms. The minimum atomic E-state index is 0.491. The number of halogens is 1. The zero-order valence-electron chi connectivity index (χ0n) is 15.8. The zero-order valence-corrected chi connectivity index (χ0v) is 17.4. The summed E-state index contributed by atoms with van der Waals surface area (Å²) in [5.74, 6) is 6.46. The fourth-order valence-corrected chi connectivity index (χ4v) is 3.13. The van der Waals surface area contributed by atoms with Crippen LogP contribution in [0.4, 0.5) is 0 Å². The van der Waals surface area contributed by atoms with Gasteiger partial charge in [0.2, 0.25) is 0 Å². The Kier molecular flexibility index (Phi) is 7.96. The van der Waals surface area contributed by atoms with Gasteiger partial charge in [-0.2, -0.15) is 5.10 Å². The van der Waals surface area contributed by atoms with Gasteiger partial charge in [0.15, 0.2) is 5.65 Å². The van der Waals surface area contributed by atoms with Crippen molar-refractivity contribution in [1.29, 1.82) is 0 Å². The summed E-state index contributed by atoms with van der Waals surface area (Å²) in [4.78, 5) is 4.32. The molecule has 0 amide bonds. The monoisotopic (exact) mass is 403 g/mol. The van der Waals surface area contributed by atoms with Gasteiger partial charge >= 0.3 is 0 Å². The summed E-state index contributed by atoms with van der Waals surface area (Å²) in [6, 6.07) is 3.83. The molecule has 0 saturated heterocycles. The molecule has 0 radical (unpaired) electrons. The molecule has 2 aromatic rings. The third-order valence-electron chi connectivity index (χ3n) is 4.27. The summed E-state index contributed by atoms with van der Waals surface area (Å²) in [6.07, 6.45) is 13.4. The van der Waals surface area contributed by atoms with E-state index in [0.717, 1.165) is 22.4 Å². The smallest absolute Gasteiger partial charge is 0.155 e. The van der Waals surface area contributed by atoms with Crippen LogP contribution in [0, 0.1) is 17.3 Å². The predicted octanol–water partition coefficient (Wildman–Crippen LogP) is 6.40. The van der Waals surface area contributed by atoms with E-state index in [9.17, 15) is 0 Å². The van der Waals surface area contributed by atoms with Crippen LogP contribution in [-0.4, -0.2) is 14.6 Å². The van der Waals surface area contributed by atoms with Crippen molar-refractivity contribution in [2.75, 3.05) is 0 Å². The minimum Gasteiger partial charge on any atom is -0.234 e. The van der Waals surface area contributed by atoms with Crippen molar-refractivity contribution in [2.24, 2.45) is 5.41 Å². The summed E-state index contributed by atoms with van der Waals surface area (Å²) in [5.41, 5.74) is 2.18. The molecule has 0 N–H and O–H groups in total. The van der Waals surface area contributed by atoms with Crippen LogP contribution in [0.3, 0.4) is 0 Å².